The zero-order valence-electron chi connectivity index (χ0n) is 8.60. The van der Waals surface area contributed by atoms with E-state index in [-0.39, 0.29) is 6.10 Å². The molecule has 0 radical (unpaired) electrons. The fraction of sp³-hybridized carbons (Fsp3) is 0.400. The van der Waals surface area contributed by atoms with Crippen LogP contribution in [0.3, 0.4) is 0 Å². The predicted molar refractivity (Wildman–Crippen MR) is 68.0 cm³/mol. The summed E-state index contributed by atoms with van der Waals surface area (Å²) in [6.07, 6.45) is 1.49. The van der Waals surface area contributed by atoms with Crippen molar-refractivity contribution in [3.8, 4) is 0 Å². The van der Waals surface area contributed by atoms with E-state index in [0.717, 1.165) is 12.4 Å². The van der Waals surface area contributed by atoms with E-state index in [1.165, 1.54) is 0 Å². The zero-order valence-corrected chi connectivity index (χ0v) is 10.2. The third-order valence-corrected chi connectivity index (χ3v) is 2.98. The van der Waals surface area contributed by atoms with Crippen molar-refractivity contribution < 1.29 is 4.74 Å². The second-order valence-electron chi connectivity index (χ2n) is 3.52. The molecule has 0 aliphatic carbocycles. The van der Waals surface area contributed by atoms with Crippen LogP contribution in [-0.2, 0) is 4.74 Å². The van der Waals surface area contributed by atoms with Gasteiger partial charge in [0.05, 0.1) is 18.2 Å². The van der Waals surface area contributed by atoms with Crippen molar-refractivity contribution in [1.29, 1.82) is 0 Å². The first-order valence-electron chi connectivity index (χ1n) is 4.95. The maximum Gasteiger partial charge on any atom is 0.147 e. The van der Waals surface area contributed by atoms with Gasteiger partial charge in [-0.1, -0.05) is 23.8 Å². The van der Waals surface area contributed by atoms with Crippen LogP contribution >= 0.6 is 23.8 Å². The molecule has 1 aliphatic rings. The van der Waals surface area contributed by atoms with Crippen LogP contribution in [0.25, 0.3) is 0 Å². The second-order valence-corrected chi connectivity index (χ2v) is 4.40. The first-order chi connectivity index (χ1) is 7.68. The lowest BCUT2D eigenvalue weighted by Crippen LogP contribution is -2.48. The van der Waals surface area contributed by atoms with Crippen LogP contribution in [0.2, 0.25) is 5.02 Å². The van der Waals surface area contributed by atoms with Crippen LogP contribution in [0.5, 0.6) is 0 Å². The maximum atomic E-state index is 6.08. The third kappa shape index (κ3) is 2.42. The summed E-state index contributed by atoms with van der Waals surface area (Å²) >= 11 is 11.0. The number of nitrogens with zero attached hydrogens (tertiary/aromatic N) is 2. The van der Waals surface area contributed by atoms with Crippen molar-refractivity contribution in [1.82, 2.24) is 4.98 Å². The van der Waals surface area contributed by atoms with Gasteiger partial charge >= 0.3 is 0 Å². The first-order valence-corrected chi connectivity index (χ1v) is 5.73. The molecular weight excluding hydrogens is 246 g/mol. The summed E-state index contributed by atoms with van der Waals surface area (Å²) in [6, 6.07) is 3.62. The van der Waals surface area contributed by atoms with E-state index in [4.69, 9.17) is 34.3 Å². The number of thiocarbonyl (C=S) groups is 1. The highest BCUT2D eigenvalue weighted by Crippen LogP contribution is 2.24. The highest BCUT2D eigenvalue weighted by atomic mass is 35.5. The Balaban J connectivity index is 2.16. The molecule has 1 saturated heterocycles. The number of aromatic nitrogens is 1. The summed E-state index contributed by atoms with van der Waals surface area (Å²) in [5, 5.41) is 0.631. The van der Waals surface area contributed by atoms with Crippen LogP contribution in [0, 0.1) is 0 Å². The largest absolute Gasteiger partial charge is 0.391 e. The van der Waals surface area contributed by atoms with E-state index in [2.05, 4.69) is 4.98 Å². The standard InChI is InChI=1S/C10H12ClN3OS/c11-7-2-1-3-13-10(7)14-4-5-15-8(6-14)9(12)16/h1-3,8H,4-6H2,(H2,12,16). The number of ether oxygens (including phenoxy) is 1. The summed E-state index contributed by atoms with van der Waals surface area (Å²) in [5.41, 5.74) is 5.57. The van der Waals surface area contributed by atoms with Gasteiger partial charge in [-0.25, -0.2) is 4.98 Å². The number of morpholine rings is 1. The van der Waals surface area contributed by atoms with E-state index in [9.17, 15) is 0 Å². The van der Waals surface area contributed by atoms with Gasteiger partial charge < -0.3 is 15.4 Å². The van der Waals surface area contributed by atoms with Crippen LogP contribution in [0.1, 0.15) is 0 Å². The average Bonchev–Trinajstić information content (AvgIpc) is 2.30. The van der Waals surface area contributed by atoms with Gasteiger partial charge in [0.2, 0.25) is 0 Å². The molecule has 16 heavy (non-hydrogen) atoms. The summed E-state index contributed by atoms with van der Waals surface area (Å²) in [4.78, 5) is 6.66. The predicted octanol–water partition coefficient (Wildman–Crippen LogP) is 1.23. The quantitative estimate of drug-likeness (QED) is 0.808. The highest BCUT2D eigenvalue weighted by molar-refractivity contribution is 7.80. The van der Waals surface area contributed by atoms with Crippen molar-refractivity contribution in [3.63, 3.8) is 0 Å². The molecule has 1 fully saturated rings. The van der Waals surface area contributed by atoms with Gasteiger partial charge in [-0.3, -0.25) is 0 Å². The molecule has 1 atom stereocenters. The minimum atomic E-state index is -0.221. The van der Waals surface area contributed by atoms with E-state index in [1.54, 1.807) is 12.3 Å². The molecule has 2 N–H and O–H groups in total. The Morgan fingerprint density at radius 1 is 1.69 bits per heavy atom. The molecule has 0 aromatic carbocycles. The lowest BCUT2D eigenvalue weighted by molar-refractivity contribution is 0.0844. The molecule has 86 valence electrons. The molecule has 1 aromatic heterocycles. The van der Waals surface area contributed by atoms with Crippen LogP contribution in [-0.4, -0.2) is 35.8 Å². The fourth-order valence-corrected chi connectivity index (χ4v) is 2.01. The summed E-state index contributed by atoms with van der Waals surface area (Å²) in [5.74, 6) is 0.758. The lowest BCUT2D eigenvalue weighted by atomic mass is 10.2. The molecule has 6 heteroatoms. The molecule has 1 aromatic rings. The number of hydrogen-bond acceptors (Lipinski definition) is 4. The first kappa shape index (κ1) is 11.6. The molecule has 4 nitrogen and oxygen atoms in total. The minimum absolute atomic E-state index is 0.221. The van der Waals surface area contributed by atoms with Crippen molar-refractivity contribution in [2.45, 2.75) is 6.10 Å². The Bertz CT molecular complexity index is 401. The Hall–Kier alpha value is -0.910. The van der Waals surface area contributed by atoms with Gasteiger partial charge in [0.25, 0.3) is 0 Å². The fourth-order valence-electron chi connectivity index (χ4n) is 1.62. The molecule has 0 amide bonds. The molecular formula is C10H12ClN3OS. The number of nitrogens with two attached hydrogens (primary N) is 1. The topological polar surface area (TPSA) is 51.4 Å². The van der Waals surface area contributed by atoms with Crippen LogP contribution < -0.4 is 10.6 Å². The molecule has 1 aliphatic heterocycles. The second kappa shape index (κ2) is 4.95. The Labute approximate surface area is 104 Å². The van der Waals surface area contributed by atoms with Crippen LogP contribution in [0.15, 0.2) is 18.3 Å². The van der Waals surface area contributed by atoms with Crippen molar-refractivity contribution in [3.05, 3.63) is 23.4 Å². The van der Waals surface area contributed by atoms with Gasteiger partial charge in [0.1, 0.15) is 16.9 Å². The van der Waals surface area contributed by atoms with Gasteiger partial charge in [0.15, 0.2) is 0 Å². The summed E-state index contributed by atoms with van der Waals surface area (Å²) < 4.78 is 5.45. The van der Waals surface area contributed by atoms with E-state index in [0.29, 0.717) is 23.2 Å². The van der Waals surface area contributed by atoms with Crippen molar-refractivity contribution in [2.75, 3.05) is 24.6 Å². The maximum absolute atomic E-state index is 6.08. The smallest absolute Gasteiger partial charge is 0.147 e. The van der Waals surface area contributed by atoms with E-state index < -0.39 is 0 Å². The minimum Gasteiger partial charge on any atom is -0.391 e. The van der Waals surface area contributed by atoms with Crippen molar-refractivity contribution in [2.24, 2.45) is 5.73 Å². The number of pyridine rings is 1. The average molecular weight is 258 g/mol. The highest BCUT2D eigenvalue weighted by Gasteiger charge is 2.24. The normalized spacial score (nSPS) is 20.8. The summed E-state index contributed by atoms with van der Waals surface area (Å²) in [6.45, 7) is 1.93. The molecule has 1 unspecified atom stereocenters. The van der Waals surface area contributed by atoms with Crippen molar-refractivity contribution >= 4 is 34.6 Å². The number of halogens is 1. The number of rotatable bonds is 2. The van der Waals surface area contributed by atoms with Crippen LogP contribution in [0.4, 0.5) is 5.82 Å². The Kier molecular flexibility index (Phi) is 3.58. The van der Waals surface area contributed by atoms with Gasteiger partial charge in [-0.2, -0.15) is 0 Å². The van der Waals surface area contributed by atoms with E-state index in [1.807, 2.05) is 11.0 Å². The lowest BCUT2D eigenvalue weighted by Gasteiger charge is -2.33. The Morgan fingerprint density at radius 2 is 2.50 bits per heavy atom. The Morgan fingerprint density at radius 3 is 3.19 bits per heavy atom. The van der Waals surface area contributed by atoms with E-state index >= 15 is 0 Å². The number of hydrogen-bond donors (Lipinski definition) is 1. The molecule has 2 heterocycles. The molecule has 0 spiro atoms. The molecule has 0 saturated carbocycles. The monoisotopic (exact) mass is 257 g/mol. The summed E-state index contributed by atoms with van der Waals surface area (Å²) in [7, 11) is 0. The SMILES string of the molecule is NC(=S)C1CN(c2ncccc2Cl)CCO1. The zero-order chi connectivity index (χ0) is 11.5. The molecule has 2 rings (SSSR count). The van der Waals surface area contributed by atoms with Gasteiger partial charge in [0, 0.05) is 12.7 Å². The number of anilines is 1. The van der Waals surface area contributed by atoms with Gasteiger partial charge in [-0.15, -0.1) is 0 Å². The van der Waals surface area contributed by atoms with Gasteiger partial charge in [-0.05, 0) is 12.1 Å². The molecule has 0 bridgehead atoms. The third-order valence-electron chi connectivity index (χ3n) is 2.42.